The van der Waals surface area contributed by atoms with Crippen LogP contribution in [0.4, 0.5) is 4.79 Å². The van der Waals surface area contributed by atoms with Gasteiger partial charge in [0.1, 0.15) is 17.7 Å². The Morgan fingerprint density at radius 1 is 1.13 bits per heavy atom. The Morgan fingerprint density at radius 2 is 1.81 bits per heavy atom. The van der Waals surface area contributed by atoms with Crippen LogP contribution >= 0.6 is 0 Å². The van der Waals surface area contributed by atoms with Crippen LogP contribution in [0.25, 0.3) is 0 Å². The number of benzene rings is 1. The second-order valence-electron chi connectivity index (χ2n) is 13.7. The normalized spacial score (nSPS) is 26.4. The lowest BCUT2D eigenvalue weighted by Gasteiger charge is -2.60. The molecule has 2 amide bonds. The SMILES string of the molecule is COC1=C(C)C(=O)C2=C(C1=O)[C@H](CNC(=O)[C@@H](C)NC(=O)OC(C)(C)C)N1C(C2)[C@H]2c3c(cc(C)c(OC)c3O)C[C@@H](C1C#N)N2C. The number of fused-ring (bicyclic) bond motifs is 6. The number of alkyl carbamates (subject to hydrolysis) is 1. The van der Waals surface area contributed by atoms with Gasteiger partial charge in [0.2, 0.25) is 11.7 Å². The molecular formula is C34H43N5O8. The van der Waals surface area contributed by atoms with Gasteiger partial charge < -0.3 is 30.0 Å². The Hall–Kier alpha value is -4.41. The quantitative estimate of drug-likeness (QED) is 0.387. The number of hydrogen-bond donors (Lipinski definition) is 3. The number of hydrogen-bond acceptors (Lipinski definition) is 11. The molecule has 0 radical (unpaired) electrons. The van der Waals surface area contributed by atoms with Crippen LogP contribution in [0.3, 0.4) is 0 Å². The molecule has 0 spiro atoms. The molecule has 1 saturated heterocycles. The van der Waals surface area contributed by atoms with Gasteiger partial charge in [-0.1, -0.05) is 6.07 Å². The number of aryl methyl sites for hydroxylation is 1. The molecule has 4 aliphatic rings. The number of amides is 2. The zero-order chi connectivity index (χ0) is 34.7. The molecule has 1 fully saturated rings. The number of aromatic hydroxyl groups is 1. The van der Waals surface area contributed by atoms with Crippen molar-refractivity contribution >= 4 is 23.6 Å². The van der Waals surface area contributed by atoms with E-state index in [2.05, 4.69) is 21.6 Å². The van der Waals surface area contributed by atoms with Gasteiger partial charge in [-0.15, -0.1) is 0 Å². The van der Waals surface area contributed by atoms with Gasteiger partial charge >= 0.3 is 6.09 Å². The van der Waals surface area contributed by atoms with Gasteiger partial charge in [-0.3, -0.25) is 24.2 Å². The number of phenols is 1. The topological polar surface area (TPSA) is 171 Å². The second-order valence-corrected chi connectivity index (χ2v) is 13.7. The van der Waals surface area contributed by atoms with Crippen molar-refractivity contribution in [3.05, 3.63) is 45.2 Å². The minimum Gasteiger partial charge on any atom is -0.504 e. The molecule has 3 N–H and O–H groups in total. The van der Waals surface area contributed by atoms with Crippen LogP contribution in [0.1, 0.15) is 63.8 Å². The highest BCUT2D eigenvalue weighted by molar-refractivity contribution is 6.25. The highest BCUT2D eigenvalue weighted by atomic mass is 16.6. The van der Waals surface area contributed by atoms with Gasteiger partial charge in [0.15, 0.2) is 23.0 Å². The maximum absolute atomic E-state index is 14.0. The number of carbonyl (C=O) groups excluding carboxylic acids is 4. The molecule has 2 unspecified atom stereocenters. The smallest absolute Gasteiger partial charge is 0.408 e. The molecule has 6 atom stereocenters. The molecule has 1 aromatic carbocycles. The highest BCUT2D eigenvalue weighted by Gasteiger charge is 2.58. The van der Waals surface area contributed by atoms with Crippen molar-refractivity contribution in [2.24, 2.45) is 0 Å². The third-order valence-corrected chi connectivity index (χ3v) is 9.66. The molecule has 3 aliphatic heterocycles. The predicted octanol–water partition coefficient (Wildman–Crippen LogP) is 2.35. The monoisotopic (exact) mass is 649 g/mol. The number of carbonyl (C=O) groups is 4. The summed E-state index contributed by atoms with van der Waals surface area (Å²) < 4.78 is 16.2. The molecule has 2 bridgehead atoms. The van der Waals surface area contributed by atoms with Crippen molar-refractivity contribution in [3.8, 4) is 17.6 Å². The molecule has 13 heteroatoms. The average Bonchev–Trinajstić information content (AvgIpc) is 2.98. The number of nitriles is 1. The predicted molar refractivity (Wildman–Crippen MR) is 169 cm³/mol. The third kappa shape index (κ3) is 5.63. The van der Waals surface area contributed by atoms with Crippen molar-refractivity contribution in [1.82, 2.24) is 20.4 Å². The standard InChI is InChI=1S/C34H43N5O8/c1-15-10-18-11-20-22(13-35)39-21(26(38(20)7)24(18)28(41)30(15)45-8)12-19-25(29(42)31(46-9)16(2)27(19)40)23(39)14-36-32(43)17(3)37-33(44)47-34(4,5)6/h10,17,20-23,26,41H,11-12,14H2,1-9H3,(H,36,43)(H,37,44)/t17-,20+,21?,22?,23+,26+/m1/s1. The highest BCUT2D eigenvalue weighted by Crippen LogP contribution is 2.53. The van der Waals surface area contributed by atoms with Crippen molar-refractivity contribution in [1.29, 1.82) is 5.26 Å². The van der Waals surface area contributed by atoms with E-state index < -0.39 is 53.6 Å². The Morgan fingerprint density at radius 3 is 2.40 bits per heavy atom. The van der Waals surface area contributed by atoms with Crippen molar-refractivity contribution < 1.29 is 38.5 Å². The van der Waals surface area contributed by atoms with Gasteiger partial charge in [-0.25, -0.2) is 4.79 Å². The number of likely N-dealkylation sites (N-methyl/N-ethyl adjacent to an activating group) is 1. The van der Waals surface area contributed by atoms with Gasteiger partial charge in [0, 0.05) is 40.9 Å². The number of methoxy groups -OCH3 is 2. The molecule has 0 aromatic heterocycles. The summed E-state index contributed by atoms with van der Waals surface area (Å²) in [6.07, 6.45) is -0.189. The van der Waals surface area contributed by atoms with Crippen LogP contribution in [0, 0.1) is 18.3 Å². The van der Waals surface area contributed by atoms with Gasteiger partial charge in [-0.2, -0.15) is 5.26 Å². The molecule has 3 heterocycles. The first-order valence-electron chi connectivity index (χ1n) is 15.7. The van der Waals surface area contributed by atoms with Crippen LogP contribution in [-0.4, -0.2) is 102 Å². The third-order valence-electron chi connectivity index (χ3n) is 9.66. The first-order chi connectivity index (χ1) is 22.1. The summed E-state index contributed by atoms with van der Waals surface area (Å²) in [5.41, 5.74) is 2.20. The minimum absolute atomic E-state index is 0.00335. The molecule has 1 aliphatic carbocycles. The van der Waals surface area contributed by atoms with E-state index in [4.69, 9.17) is 14.2 Å². The first-order valence-corrected chi connectivity index (χ1v) is 15.7. The Kier molecular flexibility index (Phi) is 8.89. The minimum atomic E-state index is -0.990. The number of nitrogens with zero attached hydrogens (tertiary/aromatic N) is 3. The number of Topliss-reactive ketones (excluding diaryl/α,β-unsaturated/α-hetero) is 2. The van der Waals surface area contributed by atoms with E-state index in [1.807, 2.05) is 24.9 Å². The van der Waals surface area contributed by atoms with Gasteiger partial charge in [-0.05, 0) is 72.6 Å². The van der Waals surface area contributed by atoms with E-state index in [1.165, 1.54) is 21.1 Å². The number of allylic oxidation sites excluding steroid dienone is 2. The summed E-state index contributed by atoms with van der Waals surface area (Å²) in [4.78, 5) is 57.5. The summed E-state index contributed by atoms with van der Waals surface area (Å²) in [6, 6.07) is 0.472. The van der Waals surface area contributed by atoms with Crippen molar-refractivity contribution in [2.75, 3.05) is 27.8 Å². The summed E-state index contributed by atoms with van der Waals surface area (Å²) in [5, 5.41) is 27.6. The first kappa shape index (κ1) is 33.9. The maximum Gasteiger partial charge on any atom is 0.408 e. The fourth-order valence-corrected chi connectivity index (χ4v) is 7.71. The van der Waals surface area contributed by atoms with Crippen LogP contribution in [-0.2, 0) is 30.3 Å². The Labute approximate surface area is 274 Å². The second kappa shape index (κ2) is 12.3. The lowest BCUT2D eigenvalue weighted by atomic mass is 9.69. The summed E-state index contributed by atoms with van der Waals surface area (Å²) >= 11 is 0. The number of rotatable bonds is 6. The van der Waals surface area contributed by atoms with Crippen LogP contribution in [0.5, 0.6) is 11.5 Å². The zero-order valence-corrected chi connectivity index (χ0v) is 28.3. The number of ether oxygens (including phenoxy) is 3. The van der Waals surface area contributed by atoms with Crippen molar-refractivity contribution in [2.45, 2.75) is 96.2 Å². The molecule has 13 nitrogen and oxygen atoms in total. The van der Waals surface area contributed by atoms with Gasteiger partial charge in [0.25, 0.3) is 0 Å². The average molecular weight is 650 g/mol. The largest absolute Gasteiger partial charge is 0.504 e. The zero-order valence-electron chi connectivity index (χ0n) is 28.3. The summed E-state index contributed by atoms with van der Waals surface area (Å²) in [7, 11) is 4.72. The van der Waals surface area contributed by atoms with E-state index in [-0.39, 0.29) is 47.4 Å². The fraction of sp³-hybridized carbons (Fsp3) is 0.559. The van der Waals surface area contributed by atoms with E-state index in [0.717, 1.165) is 11.1 Å². The Balaban J connectivity index is 1.59. The number of piperazine rings is 1. The number of phenolic OH excluding ortho intramolecular Hbond substituents is 1. The maximum atomic E-state index is 14.0. The Bertz CT molecular complexity index is 1650. The lowest BCUT2D eigenvalue weighted by molar-refractivity contribution is -0.125. The van der Waals surface area contributed by atoms with E-state index >= 15 is 0 Å². The summed E-state index contributed by atoms with van der Waals surface area (Å²) in [6.45, 7) is 9.90. The number of ketones is 2. The van der Waals surface area contributed by atoms with Crippen LogP contribution < -0.4 is 15.4 Å². The van der Waals surface area contributed by atoms with Crippen molar-refractivity contribution in [3.63, 3.8) is 0 Å². The summed E-state index contributed by atoms with van der Waals surface area (Å²) in [5.74, 6) is -1.08. The van der Waals surface area contributed by atoms with E-state index in [9.17, 15) is 29.5 Å². The van der Waals surface area contributed by atoms with E-state index in [1.54, 1.807) is 27.7 Å². The van der Waals surface area contributed by atoms with Crippen LogP contribution in [0.15, 0.2) is 28.5 Å². The fourth-order valence-electron chi connectivity index (χ4n) is 7.71. The molecule has 5 rings (SSSR count). The molecule has 0 saturated carbocycles. The lowest BCUT2D eigenvalue weighted by Crippen LogP contribution is -2.71. The van der Waals surface area contributed by atoms with Crippen LogP contribution in [0.2, 0.25) is 0 Å². The van der Waals surface area contributed by atoms with Gasteiger partial charge in [0.05, 0.1) is 32.4 Å². The molecule has 47 heavy (non-hydrogen) atoms. The van der Waals surface area contributed by atoms with E-state index in [0.29, 0.717) is 23.3 Å². The molecular weight excluding hydrogens is 606 g/mol. The number of nitrogens with one attached hydrogen (secondary N) is 2. The molecule has 1 aromatic rings. The molecule has 252 valence electrons.